The van der Waals surface area contributed by atoms with Gasteiger partial charge in [-0.1, -0.05) is 0 Å². The van der Waals surface area contributed by atoms with E-state index in [4.69, 9.17) is 0 Å². The van der Waals surface area contributed by atoms with Crippen molar-refractivity contribution in [2.45, 2.75) is 38.3 Å². The van der Waals surface area contributed by atoms with Crippen LogP contribution in [0.2, 0.25) is 0 Å². The summed E-state index contributed by atoms with van der Waals surface area (Å²) in [5.74, 6) is 0.202. The van der Waals surface area contributed by atoms with Gasteiger partial charge in [-0.05, 0) is 36.3 Å². The number of fused-ring (bicyclic) bond motifs is 1. The SMILES string of the molecule is O=C(CCNCC(=O)N1CCc2sccc2C1)NC1CC1. The zero-order chi connectivity index (χ0) is 14.7. The zero-order valence-electron chi connectivity index (χ0n) is 12.1. The normalized spacial score (nSPS) is 17.4. The smallest absolute Gasteiger partial charge is 0.236 e. The summed E-state index contributed by atoms with van der Waals surface area (Å²) in [6.45, 7) is 2.40. The van der Waals surface area contributed by atoms with Gasteiger partial charge in [-0.3, -0.25) is 9.59 Å². The Morgan fingerprint density at radius 1 is 1.38 bits per heavy atom. The molecule has 0 atom stereocenters. The highest BCUT2D eigenvalue weighted by atomic mass is 32.1. The number of hydrogen-bond acceptors (Lipinski definition) is 4. The first-order chi connectivity index (χ1) is 10.2. The van der Waals surface area contributed by atoms with Crippen LogP contribution < -0.4 is 10.6 Å². The zero-order valence-corrected chi connectivity index (χ0v) is 12.9. The first kappa shape index (κ1) is 14.5. The van der Waals surface area contributed by atoms with E-state index in [0.29, 0.717) is 25.6 Å². The maximum atomic E-state index is 12.1. The van der Waals surface area contributed by atoms with E-state index in [1.54, 1.807) is 11.3 Å². The Hall–Kier alpha value is -1.40. The summed E-state index contributed by atoms with van der Waals surface area (Å²) in [6, 6.07) is 2.52. The van der Waals surface area contributed by atoms with Crippen LogP contribution in [0, 0.1) is 0 Å². The third-order valence-corrected chi connectivity index (χ3v) is 4.93. The van der Waals surface area contributed by atoms with Crippen molar-refractivity contribution < 1.29 is 9.59 Å². The van der Waals surface area contributed by atoms with Gasteiger partial charge in [-0.25, -0.2) is 0 Å². The molecule has 114 valence electrons. The van der Waals surface area contributed by atoms with Gasteiger partial charge in [0.15, 0.2) is 0 Å². The maximum absolute atomic E-state index is 12.1. The van der Waals surface area contributed by atoms with Crippen molar-refractivity contribution in [3.8, 4) is 0 Å². The molecule has 1 saturated carbocycles. The number of amides is 2. The highest BCUT2D eigenvalue weighted by Gasteiger charge is 2.23. The van der Waals surface area contributed by atoms with Crippen LogP contribution in [-0.2, 0) is 22.6 Å². The quantitative estimate of drug-likeness (QED) is 0.767. The second-order valence-corrected chi connectivity index (χ2v) is 6.70. The summed E-state index contributed by atoms with van der Waals surface area (Å²) in [5, 5.41) is 8.11. The Balaban J connectivity index is 1.34. The number of nitrogens with one attached hydrogen (secondary N) is 2. The first-order valence-electron chi connectivity index (χ1n) is 7.55. The second-order valence-electron chi connectivity index (χ2n) is 5.70. The molecule has 6 heteroatoms. The largest absolute Gasteiger partial charge is 0.353 e. The Labute approximate surface area is 128 Å². The molecule has 21 heavy (non-hydrogen) atoms. The molecule has 0 unspecified atom stereocenters. The van der Waals surface area contributed by atoms with Crippen molar-refractivity contribution in [3.63, 3.8) is 0 Å². The number of carbonyl (C=O) groups excluding carboxylic acids is 2. The van der Waals surface area contributed by atoms with Gasteiger partial charge in [0.2, 0.25) is 11.8 Å². The summed E-state index contributed by atoms with van der Waals surface area (Å²) < 4.78 is 0. The Morgan fingerprint density at radius 3 is 3.05 bits per heavy atom. The van der Waals surface area contributed by atoms with Crippen LogP contribution in [0.4, 0.5) is 0 Å². The number of hydrogen-bond donors (Lipinski definition) is 2. The van der Waals surface area contributed by atoms with Gasteiger partial charge in [-0.15, -0.1) is 11.3 Å². The lowest BCUT2D eigenvalue weighted by atomic mass is 10.1. The predicted molar refractivity (Wildman–Crippen MR) is 82.1 cm³/mol. The van der Waals surface area contributed by atoms with E-state index in [-0.39, 0.29) is 11.8 Å². The van der Waals surface area contributed by atoms with Crippen LogP contribution in [-0.4, -0.2) is 42.4 Å². The van der Waals surface area contributed by atoms with E-state index in [9.17, 15) is 9.59 Å². The average molecular weight is 307 g/mol. The first-order valence-corrected chi connectivity index (χ1v) is 8.43. The monoisotopic (exact) mass is 307 g/mol. The van der Waals surface area contributed by atoms with Crippen LogP contribution >= 0.6 is 11.3 Å². The van der Waals surface area contributed by atoms with Crippen LogP contribution in [0.5, 0.6) is 0 Å². The van der Waals surface area contributed by atoms with Gasteiger partial charge in [-0.2, -0.15) is 0 Å². The fourth-order valence-corrected chi connectivity index (χ4v) is 3.39. The van der Waals surface area contributed by atoms with E-state index in [0.717, 1.165) is 32.4 Å². The summed E-state index contributed by atoms with van der Waals surface area (Å²) in [4.78, 5) is 26.9. The van der Waals surface area contributed by atoms with Crippen LogP contribution in [0.3, 0.4) is 0 Å². The third kappa shape index (κ3) is 4.04. The lowest BCUT2D eigenvalue weighted by molar-refractivity contribution is -0.131. The van der Waals surface area contributed by atoms with Gasteiger partial charge in [0, 0.05) is 37.0 Å². The highest BCUT2D eigenvalue weighted by Crippen LogP contribution is 2.23. The molecule has 1 aromatic rings. The molecule has 2 aliphatic rings. The standard InChI is InChI=1S/C15H21N3O2S/c19-14(17-12-1-2-12)3-6-16-9-15(20)18-7-4-13-11(10-18)5-8-21-13/h5,8,12,16H,1-4,6-7,9-10H2,(H,17,19). The van der Waals surface area contributed by atoms with E-state index >= 15 is 0 Å². The Morgan fingerprint density at radius 2 is 2.24 bits per heavy atom. The number of carbonyl (C=O) groups is 2. The van der Waals surface area contributed by atoms with E-state index in [1.165, 1.54) is 10.4 Å². The van der Waals surface area contributed by atoms with E-state index in [1.807, 2.05) is 4.90 Å². The molecule has 1 fully saturated rings. The number of rotatable bonds is 6. The van der Waals surface area contributed by atoms with Gasteiger partial charge in [0.25, 0.3) is 0 Å². The van der Waals surface area contributed by atoms with Crippen molar-refractivity contribution in [2.24, 2.45) is 0 Å². The van der Waals surface area contributed by atoms with Crippen LogP contribution in [0.15, 0.2) is 11.4 Å². The average Bonchev–Trinajstić information content (AvgIpc) is 3.16. The molecule has 2 amide bonds. The highest BCUT2D eigenvalue weighted by molar-refractivity contribution is 7.10. The molecule has 2 N–H and O–H groups in total. The molecule has 2 heterocycles. The predicted octanol–water partition coefficient (Wildman–Crippen LogP) is 0.891. The molecule has 0 saturated heterocycles. The summed E-state index contributed by atoms with van der Waals surface area (Å²) in [6.07, 6.45) is 3.62. The Bertz CT molecular complexity index is 525. The molecule has 1 aromatic heterocycles. The molecule has 3 rings (SSSR count). The van der Waals surface area contributed by atoms with E-state index in [2.05, 4.69) is 22.1 Å². The van der Waals surface area contributed by atoms with Gasteiger partial charge >= 0.3 is 0 Å². The van der Waals surface area contributed by atoms with Gasteiger partial charge in [0.05, 0.1) is 6.54 Å². The lowest BCUT2D eigenvalue weighted by Crippen LogP contribution is -2.41. The fourth-order valence-electron chi connectivity index (χ4n) is 2.50. The van der Waals surface area contributed by atoms with Crippen molar-refractivity contribution in [1.82, 2.24) is 15.5 Å². The summed E-state index contributed by atoms with van der Waals surface area (Å²) >= 11 is 1.78. The molecule has 1 aliphatic heterocycles. The van der Waals surface area contributed by atoms with Gasteiger partial charge in [0.1, 0.15) is 0 Å². The summed E-state index contributed by atoms with van der Waals surface area (Å²) in [7, 11) is 0. The molecule has 0 spiro atoms. The van der Waals surface area contributed by atoms with Crippen LogP contribution in [0.1, 0.15) is 29.7 Å². The topological polar surface area (TPSA) is 61.4 Å². The van der Waals surface area contributed by atoms with Crippen molar-refractivity contribution in [3.05, 3.63) is 21.9 Å². The maximum Gasteiger partial charge on any atom is 0.236 e. The van der Waals surface area contributed by atoms with E-state index < -0.39 is 0 Å². The molecular formula is C15H21N3O2S. The molecule has 0 radical (unpaired) electrons. The molecule has 1 aliphatic carbocycles. The summed E-state index contributed by atoms with van der Waals surface area (Å²) in [5.41, 5.74) is 1.28. The number of nitrogens with zero attached hydrogens (tertiary/aromatic N) is 1. The van der Waals surface area contributed by atoms with Crippen molar-refractivity contribution in [1.29, 1.82) is 0 Å². The Kier molecular flexibility index (Phi) is 4.55. The molecule has 0 bridgehead atoms. The molecule has 5 nitrogen and oxygen atoms in total. The van der Waals surface area contributed by atoms with Crippen molar-refractivity contribution in [2.75, 3.05) is 19.6 Å². The number of thiophene rings is 1. The lowest BCUT2D eigenvalue weighted by Gasteiger charge is -2.27. The second kappa shape index (κ2) is 6.58. The minimum Gasteiger partial charge on any atom is -0.353 e. The van der Waals surface area contributed by atoms with Crippen LogP contribution in [0.25, 0.3) is 0 Å². The van der Waals surface area contributed by atoms with Gasteiger partial charge < -0.3 is 15.5 Å². The fraction of sp³-hybridized carbons (Fsp3) is 0.600. The minimum atomic E-state index is 0.0818. The molecule has 0 aromatic carbocycles. The van der Waals surface area contributed by atoms with Crippen molar-refractivity contribution >= 4 is 23.2 Å². The molecular weight excluding hydrogens is 286 g/mol. The third-order valence-electron chi connectivity index (χ3n) is 3.91. The minimum absolute atomic E-state index is 0.0818.